The van der Waals surface area contributed by atoms with Crippen molar-refractivity contribution in [3.63, 3.8) is 0 Å². The fourth-order valence-corrected chi connectivity index (χ4v) is 4.14. The Balaban J connectivity index is 0.00000301. The average Bonchev–Trinajstić information content (AvgIpc) is 3.00. The van der Waals surface area contributed by atoms with E-state index >= 15 is 0 Å². The average molecular weight is 574 g/mol. The molecular weight excluding hydrogens is 536 g/mol. The van der Waals surface area contributed by atoms with E-state index in [0.717, 1.165) is 30.3 Å². The van der Waals surface area contributed by atoms with Gasteiger partial charge in [-0.2, -0.15) is 5.26 Å². The van der Waals surface area contributed by atoms with Gasteiger partial charge in [0.05, 0.1) is 23.5 Å². The maximum absolute atomic E-state index is 13.7. The Bertz CT molecular complexity index is 1460. The van der Waals surface area contributed by atoms with Gasteiger partial charge in [0.2, 0.25) is 0 Å². The van der Waals surface area contributed by atoms with Crippen molar-refractivity contribution >= 4 is 11.8 Å². The first-order valence-electron chi connectivity index (χ1n) is 13.8. The lowest BCUT2D eigenvalue weighted by molar-refractivity contribution is 0.0931. The number of carbonyl (C=O) groups is 2. The molecule has 3 aromatic rings. The zero-order chi connectivity index (χ0) is 31.1. The summed E-state index contributed by atoms with van der Waals surface area (Å²) in [6.07, 6.45) is 6.71. The van der Waals surface area contributed by atoms with Crippen LogP contribution in [0.5, 0.6) is 0 Å². The van der Waals surface area contributed by atoms with E-state index in [2.05, 4.69) is 33.2 Å². The van der Waals surface area contributed by atoms with Crippen LogP contribution in [-0.4, -0.2) is 21.8 Å². The molecule has 0 bridgehead atoms. The molecule has 0 fully saturated rings. The molecule has 9 heteroatoms. The predicted molar refractivity (Wildman–Crippen MR) is 160 cm³/mol. The molecule has 0 saturated carbocycles. The molecule has 1 aromatic heterocycles. The van der Waals surface area contributed by atoms with Crippen LogP contribution < -0.4 is 10.6 Å². The molecule has 220 valence electrons. The molecule has 42 heavy (non-hydrogen) atoms. The number of carbonyl (C=O) groups excluding carboxylic acids is 2. The maximum atomic E-state index is 13.7. The number of halogens is 2. The minimum Gasteiger partial charge on any atom is -0.347 e. The van der Waals surface area contributed by atoms with Crippen LogP contribution in [0.3, 0.4) is 0 Å². The van der Waals surface area contributed by atoms with Gasteiger partial charge in [-0.15, -0.1) is 6.58 Å². The first-order chi connectivity index (χ1) is 20.2. The van der Waals surface area contributed by atoms with Crippen LogP contribution in [0.25, 0.3) is 0 Å². The summed E-state index contributed by atoms with van der Waals surface area (Å²) in [5, 5.41) is 15.0. The number of nitrogens with one attached hydrogen (secondary N) is 2. The van der Waals surface area contributed by atoms with E-state index in [-0.39, 0.29) is 30.2 Å². The van der Waals surface area contributed by atoms with Gasteiger partial charge in [-0.25, -0.2) is 18.7 Å². The van der Waals surface area contributed by atoms with Crippen LogP contribution in [0.15, 0.2) is 73.3 Å². The largest absolute Gasteiger partial charge is 0.347 e. The summed E-state index contributed by atoms with van der Waals surface area (Å²) in [4.78, 5) is 34.0. The van der Waals surface area contributed by atoms with Crippen molar-refractivity contribution in [1.29, 1.82) is 5.26 Å². The van der Waals surface area contributed by atoms with Gasteiger partial charge >= 0.3 is 0 Å². The topological polar surface area (TPSA) is 108 Å². The summed E-state index contributed by atoms with van der Waals surface area (Å²) in [6, 6.07) is 12.5. The number of benzene rings is 2. The molecule has 1 heterocycles. The fourth-order valence-electron chi connectivity index (χ4n) is 4.14. The monoisotopic (exact) mass is 573 g/mol. The van der Waals surface area contributed by atoms with E-state index in [4.69, 9.17) is 0 Å². The molecule has 0 spiro atoms. The highest BCUT2D eigenvalue weighted by Gasteiger charge is 2.21. The second kappa shape index (κ2) is 17.2. The number of unbranched alkanes of at least 4 members (excludes halogenated alkanes) is 1. The zero-order valence-electron chi connectivity index (χ0n) is 24.5. The second-order valence-electron chi connectivity index (χ2n) is 9.31. The molecule has 1 unspecified atom stereocenters. The van der Waals surface area contributed by atoms with E-state index in [1.165, 1.54) is 25.1 Å². The van der Waals surface area contributed by atoms with Crippen molar-refractivity contribution in [2.24, 2.45) is 0 Å². The minimum absolute atomic E-state index is 0.0153. The van der Waals surface area contributed by atoms with Crippen molar-refractivity contribution < 1.29 is 18.4 Å². The Morgan fingerprint density at radius 2 is 1.81 bits per heavy atom. The summed E-state index contributed by atoms with van der Waals surface area (Å²) in [5.74, 6) is -1.81. The molecule has 1 atom stereocenters. The second-order valence-corrected chi connectivity index (χ2v) is 9.31. The smallest absolute Gasteiger partial charge is 0.270 e. The van der Waals surface area contributed by atoms with E-state index in [0.29, 0.717) is 23.1 Å². The molecule has 0 aliphatic carbocycles. The molecule has 2 amide bonds. The number of hydrogen-bond acceptors (Lipinski definition) is 5. The third kappa shape index (κ3) is 10.0. The quantitative estimate of drug-likeness (QED) is 0.179. The lowest BCUT2D eigenvalue weighted by atomic mass is 9.92. The predicted octanol–water partition coefficient (Wildman–Crippen LogP) is 7.00. The molecule has 0 aliphatic rings. The third-order valence-electron chi connectivity index (χ3n) is 6.25. The zero-order valence-corrected chi connectivity index (χ0v) is 24.5. The summed E-state index contributed by atoms with van der Waals surface area (Å²) >= 11 is 0. The van der Waals surface area contributed by atoms with E-state index < -0.39 is 23.7 Å². The van der Waals surface area contributed by atoms with Crippen LogP contribution in [0.4, 0.5) is 8.78 Å². The number of hydrogen-bond donors (Lipinski definition) is 2. The molecule has 3 rings (SSSR count). The van der Waals surface area contributed by atoms with Crippen LogP contribution >= 0.6 is 0 Å². The standard InChI is InChI=1S/C31H31F2N5O2.C2H6/c1-4-5-6-7-24-15-22(17-34)9-11-25(24)27(13-8-21(3)32)38-31(40)29-16-28(36-19-37-29)30(39)35-18-23-10-12-26(33)20(2)14-23;1-2/h4,8-12,14-16,19,27H,1,5-7,13,18H2,2-3H3,(H,35,39)(H,38,40);1-2H3/b21-8+;. The van der Waals surface area contributed by atoms with Crippen LogP contribution in [0.1, 0.15) is 94.9 Å². The van der Waals surface area contributed by atoms with Gasteiger partial charge in [0.25, 0.3) is 11.8 Å². The summed E-state index contributed by atoms with van der Waals surface area (Å²) in [5.41, 5.74) is 3.24. The Hall–Kier alpha value is -4.71. The number of allylic oxidation sites excluding steroid dienone is 2. The van der Waals surface area contributed by atoms with Crippen LogP contribution in [0.2, 0.25) is 0 Å². The highest BCUT2D eigenvalue weighted by atomic mass is 19.1. The van der Waals surface area contributed by atoms with E-state index in [9.17, 15) is 23.6 Å². The lowest BCUT2D eigenvalue weighted by Crippen LogP contribution is -2.30. The van der Waals surface area contributed by atoms with Gasteiger partial charge in [-0.05, 0) is 80.0 Å². The number of nitriles is 1. The fraction of sp³-hybridized carbons (Fsp3) is 0.303. The SMILES string of the molecule is C=CCCCc1cc(C#N)ccc1C(C/C=C(\C)F)NC(=O)c1cc(C(=O)NCc2ccc(F)c(C)c2)ncn1.CC. The third-order valence-corrected chi connectivity index (χ3v) is 6.25. The number of aryl methyl sites for hydroxylation is 2. The molecule has 2 aromatic carbocycles. The highest BCUT2D eigenvalue weighted by Crippen LogP contribution is 2.26. The van der Waals surface area contributed by atoms with Crippen LogP contribution in [-0.2, 0) is 13.0 Å². The Morgan fingerprint density at radius 1 is 1.10 bits per heavy atom. The highest BCUT2D eigenvalue weighted by molar-refractivity contribution is 5.97. The summed E-state index contributed by atoms with van der Waals surface area (Å²) < 4.78 is 27.2. The molecule has 0 saturated heterocycles. The number of aromatic nitrogens is 2. The Morgan fingerprint density at radius 3 is 2.45 bits per heavy atom. The number of nitrogens with zero attached hydrogens (tertiary/aromatic N) is 3. The minimum atomic E-state index is -0.612. The Labute approximate surface area is 246 Å². The Kier molecular flexibility index (Phi) is 13.7. The van der Waals surface area contributed by atoms with Gasteiger partial charge in [-0.1, -0.05) is 44.2 Å². The van der Waals surface area contributed by atoms with Crippen molar-refractivity contribution in [2.75, 3.05) is 0 Å². The summed E-state index contributed by atoms with van der Waals surface area (Å²) in [7, 11) is 0. The molecular formula is C33H37F2N5O2. The van der Waals surface area contributed by atoms with Crippen molar-refractivity contribution in [2.45, 2.75) is 66.0 Å². The number of amides is 2. The normalized spacial score (nSPS) is 11.4. The maximum Gasteiger partial charge on any atom is 0.270 e. The summed E-state index contributed by atoms with van der Waals surface area (Å²) in [6.45, 7) is 10.9. The number of rotatable bonds is 12. The van der Waals surface area contributed by atoms with Crippen molar-refractivity contribution in [1.82, 2.24) is 20.6 Å². The first kappa shape index (κ1) is 33.5. The van der Waals surface area contributed by atoms with E-state index in [1.54, 1.807) is 37.3 Å². The van der Waals surface area contributed by atoms with Gasteiger partial charge in [0.1, 0.15) is 23.5 Å². The molecule has 0 aliphatic heterocycles. The van der Waals surface area contributed by atoms with Crippen molar-refractivity contribution in [3.05, 3.63) is 118 Å². The first-order valence-corrected chi connectivity index (χ1v) is 13.8. The molecule has 2 N–H and O–H groups in total. The molecule has 7 nitrogen and oxygen atoms in total. The van der Waals surface area contributed by atoms with Crippen LogP contribution in [0, 0.1) is 24.1 Å². The van der Waals surface area contributed by atoms with Gasteiger partial charge in [-0.3, -0.25) is 9.59 Å². The lowest BCUT2D eigenvalue weighted by Gasteiger charge is -2.21. The van der Waals surface area contributed by atoms with Gasteiger partial charge < -0.3 is 10.6 Å². The van der Waals surface area contributed by atoms with Gasteiger partial charge in [0.15, 0.2) is 0 Å². The molecule has 0 radical (unpaired) electrons. The van der Waals surface area contributed by atoms with Gasteiger partial charge in [0, 0.05) is 12.6 Å². The van der Waals surface area contributed by atoms with E-state index in [1.807, 2.05) is 19.9 Å². The van der Waals surface area contributed by atoms with Crippen molar-refractivity contribution in [3.8, 4) is 6.07 Å².